The van der Waals surface area contributed by atoms with Crippen LogP contribution >= 0.6 is 0 Å². The van der Waals surface area contributed by atoms with E-state index in [1.165, 1.54) is 0 Å². The molecule has 0 radical (unpaired) electrons. The number of rotatable bonds is 1. The topological polar surface area (TPSA) is 42.4 Å². The largest absolute Gasteiger partial charge is 0.444 e. The minimum atomic E-state index is -0.450. The van der Waals surface area contributed by atoms with Crippen LogP contribution in [0.3, 0.4) is 0 Å². The predicted molar refractivity (Wildman–Crippen MR) is 73.9 cm³/mol. The van der Waals surface area contributed by atoms with Crippen LogP contribution in [-0.4, -0.2) is 28.1 Å². The molecule has 1 aliphatic heterocycles. The molecule has 1 atom stereocenters. The Balaban J connectivity index is 2.18. The summed E-state index contributed by atoms with van der Waals surface area (Å²) in [4.78, 5) is 18.4. The van der Waals surface area contributed by atoms with Crippen LogP contribution in [0.15, 0.2) is 18.3 Å². The van der Waals surface area contributed by atoms with Crippen LogP contribution in [-0.2, 0) is 4.74 Å². The van der Waals surface area contributed by atoms with Crippen molar-refractivity contribution >= 4 is 6.09 Å². The fourth-order valence-electron chi connectivity index (χ4n) is 2.48. The molecule has 2 rings (SSSR count). The van der Waals surface area contributed by atoms with Crippen LogP contribution in [0.5, 0.6) is 0 Å². The predicted octanol–water partition coefficient (Wildman–Crippen LogP) is 3.46. The molecule has 4 nitrogen and oxygen atoms in total. The van der Waals surface area contributed by atoms with Crippen molar-refractivity contribution in [3.8, 4) is 0 Å². The maximum atomic E-state index is 12.2. The molecule has 0 bridgehead atoms. The molecule has 0 aliphatic carbocycles. The smallest absolute Gasteiger partial charge is 0.410 e. The SMILES string of the molecule is Cc1ncccc1C1CCCN1C(=O)OC(C)(C)C. The van der Waals surface area contributed by atoms with Crippen molar-refractivity contribution in [3.63, 3.8) is 0 Å². The zero-order valence-corrected chi connectivity index (χ0v) is 12.1. The second kappa shape index (κ2) is 5.19. The van der Waals surface area contributed by atoms with Gasteiger partial charge in [-0.15, -0.1) is 0 Å². The molecule has 4 heteroatoms. The van der Waals surface area contributed by atoms with Gasteiger partial charge in [0.1, 0.15) is 5.60 Å². The van der Waals surface area contributed by atoms with Gasteiger partial charge >= 0.3 is 6.09 Å². The number of ether oxygens (including phenoxy) is 1. The molecule has 1 aromatic heterocycles. The molecule has 1 amide bonds. The molecule has 104 valence electrons. The number of amides is 1. The Morgan fingerprint density at radius 1 is 1.47 bits per heavy atom. The summed E-state index contributed by atoms with van der Waals surface area (Å²) in [7, 11) is 0. The van der Waals surface area contributed by atoms with Gasteiger partial charge in [-0.05, 0) is 52.2 Å². The van der Waals surface area contributed by atoms with E-state index >= 15 is 0 Å². The number of pyridine rings is 1. The van der Waals surface area contributed by atoms with E-state index in [4.69, 9.17) is 4.74 Å². The van der Waals surface area contributed by atoms with Gasteiger partial charge in [0.2, 0.25) is 0 Å². The maximum absolute atomic E-state index is 12.2. The van der Waals surface area contributed by atoms with Gasteiger partial charge in [0.25, 0.3) is 0 Å². The third-order valence-electron chi connectivity index (χ3n) is 3.29. The Morgan fingerprint density at radius 3 is 2.84 bits per heavy atom. The highest BCUT2D eigenvalue weighted by Gasteiger charge is 2.33. The molecule has 1 saturated heterocycles. The zero-order valence-electron chi connectivity index (χ0n) is 12.1. The van der Waals surface area contributed by atoms with Crippen molar-refractivity contribution in [3.05, 3.63) is 29.6 Å². The molecule has 1 unspecified atom stereocenters. The normalized spacial score (nSPS) is 19.6. The summed E-state index contributed by atoms with van der Waals surface area (Å²) in [5.41, 5.74) is 1.67. The quantitative estimate of drug-likeness (QED) is 0.778. The lowest BCUT2D eigenvalue weighted by Crippen LogP contribution is -2.36. The van der Waals surface area contributed by atoms with Gasteiger partial charge in [-0.25, -0.2) is 4.79 Å². The Labute approximate surface area is 114 Å². The van der Waals surface area contributed by atoms with Crippen LogP contribution in [0.2, 0.25) is 0 Å². The Kier molecular flexibility index (Phi) is 3.78. The van der Waals surface area contributed by atoms with E-state index < -0.39 is 5.60 Å². The number of carbonyl (C=O) groups excluding carboxylic acids is 1. The van der Waals surface area contributed by atoms with E-state index in [2.05, 4.69) is 11.1 Å². The van der Waals surface area contributed by atoms with Gasteiger partial charge in [-0.3, -0.25) is 4.98 Å². The fraction of sp³-hybridized carbons (Fsp3) is 0.600. The lowest BCUT2D eigenvalue weighted by molar-refractivity contribution is 0.0224. The molecule has 1 aliphatic rings. The second-order valence-electron chi connectivity index (χ2n) is 6.01. The van der Waals surface area contributed by atoms with Gasteiger partial charge in [-0.2, -0.15) is 0 Å². The van der Waals surface area contributed by atoms with E-state index in [-0.39, 0.29) is 12.1 Å². The number of hydrogen-bond donors (Lipinski definition) is 0. The number of aromatic nitrogens is 1. The van der Waals surface area contributed by atoms with Crippen molar-refractivity contribution in [2.24, 2.45) is 0 Å². The molecular weight excluding hydrogens is 240 g/mol. The number of aryl methyl sites for hydroxylation is 1. The molecule has 0 spiro atoms. The first-order valence-electron chi connectivity index (χ1n) is 6.79. The first-order chi connectivity index (χ1) is 8.88. The first-order valence-corrected chi connectivity index (χ1v) is 6.79. The molecule has 1 fully saturated rings. The molecule has 0 N–H and O–H groups in total. The summed E-state index contributed by atoms with van der Waals surface area (Å²) < 4.78 is 5.48. The van der Waals surface area contributed by atoms with Crippen molar-refractivity contribution in [2.45, 2.75) is 52.2 Å². The number of nitrogens with zero attached hydrogens (tertiary/aromatic N) is 2. The fourth-order valence-corrected chi connectivity index (χ4v) is 2.48. The molecule has 0 aromatic carbocycles. The van der Waals surface area contributed by atoms with Gasteiger partial charge in [-0.1, -0.05) is 6.07 Å². The van der Waals surface area contributed by atoms with Gasteiger partial charge in [0.05, 0.1) is 6.04 Å². The lowest BCUT2D eigenvalue weighted by Gasteiger charge is -2.29. The van der Waals surface area contributed by atoms with Crippen LogP contribution < -0.4 is 0 Å². The molecule has 1 aromatic rings. The third-order valence-corrected chi connectivity index (χ3v) is 3.29. The van der Waals surface area contributed by atoms with E-state index in [9.17, 15) is 4.79 Å². The Bertz CT molecular complexity index is 465. The molecule has 0 saturated carbocycles. The van der Waals surface area contributed by atoms with Gasteiger partial charge in [0, 0.05) is 18.4 Å². The minimum absolute atomic E-state index is 0.101. The van der Waals surface area contributed by atoms with Crippen molar-refractivity contribution in [2.75, 3.05) is 6.54 Å². The number of hydrogen-bond acceptors (Lipinski definition) is 3. The summed E-state index contributed by atoms with van der Waals surface area (Å²) in [6, 6.07) is 4.08. The summed E-state index contributed by atoms with van der Waals surface area (Å²) >= 11 is 0. The highest BCUT2D eigenvalue weighted by molar-refractivity contribution is 5.69. The number of likely N-dealkylation sites (tertiary alicyclic amines) is 1. The highest BCUT2D eigenvalue weighted by Crippen LogP contribution is 2.34. The van der Waals surface area contributed by atoms with E-state index in [1.54, 1.807) is 6.20 Å². The Morgan fingerprint density at radius 2 is 2.21 bits per heavy atom. The second-order valence-corrected chi connectivity index (χ2v) is 6.01. The van der Waals surface area contributed by atoms with E-state index in [0.29, 0.717) is 0 Å². The van der Waals surface area contributed by atoms with Crippen LogP contribution in [0.4, 0.5) is 4.79 Å². The van der Waals surface area contributed by atoms with Crippen molar-refractivity contribution < 1.29 is 9.53 Å². The molecule has 19 heavy (non-hydrogen) atoms. The van der Waals surface area contributed by atoms with Gasteiger partial charge in [0.15, 0.2) is 0 Å². The number of carbonyl (C=O) groups is 1. The third kappa shape index (κ3) is 3.25. The minimum Gasteiger partial charge on any atom is -0.444 e. The van der Waals surface area contributed by atoms with E-state index in [0.717, 1.165) is 30.6 Å². The molecule has 2 heterocycles. The average Bonchev–Trinajstić information content (AvgIpc) is 2.76. The monoisotopic (exact) mass is 262 g/mol. The van der Waals surface area contributed by atoms with Crippen LogP contribution in [0.25, 0.3) is 0 Å². The maximum Gasteiger partial charge on any atom is 0.410 e. The first kappa shape index (κ1) is 13.8. The summed E-state index contributed by atoms with van der Waals surface area (Å²) in [6.45, 7) is 8.43. The standard InChI is InChI=1S/C15H22N2O2/c1-11-12(7-5-9-16-11)13-8-6-10-17(13)14(18)19-15(2,3)4/h5,7,9,13H,6,8,10H2,1-4H3. The Hall–Kier alpha value is -1.58. The summed E-state index contributed by atoms with van der Waals surface area (Å²) in [6.07, 6.45) is 3.55. The van der Waals surface area contributed by atoms with Crippen molar-refractivity contribution in [1.29, 1.82) is 0 Å². The van der Waals surface area contributed by atoms with E-state index in [1.807, 2.05) is 38.7 Å². The van der Waals surface area contributed by atoms with Crippen LogP contribution in [0.1, 0.15) is 50.9 Å². The summed E-state index contributed by atoms with van der Waals surface area (Å²) in [5, 5.41) is 0. The van der Waals surface area contributed by atoms with Crippen molar-refractivity contribution in [1.82, 2.24) is 9.88 Å². The summed E-state index contributed by atoms with van der Waals surface area (Å²) in [5.74, 6) is 0. The van der Waals surface area contributed by atoms with Gasteiger partial charge < -0.3 is 9.64 Å². The zero-order chi connectivity index (χ0) is 14.0. The highest BCUT2D eigenvalue weighted by atomic mass is 16.6. The average molecular weight is 262 g/mol. The van der Waals surface area contributed by atoms with Crippen LogP contribution in [0, 0.1) is 6.92 Å². The molecular formula is C15H22N2O2. The lowest BCUT2D eigenvalue weighted by atomic mass is 10.0.